The van der Waals surface area contributed by atoms with Crippen molar-refractivity contribution >= 4 is 33.4 Å². The second kappa shape index (κ2) is 8.85. The van der Waals surface area contributed by atoms with Crippen molar-refractivity contribution < 1.29 is 9.47 Å². The average molecular weight is 443 g/mol. The summed E-state index contributed by atoms with van der Waals surface area (Å²) in [6.07, 6.45) is 2.69. The molecule has 0 saturated carbocycles. The van der Waals surface area contributed by atoms with Crippen LogP contribution in [0.5, 0.6) is 11.5 Å². The number of thiazole rings is 1. The Kier molecular flexibility index (Phi) is 5.60. The van der Waals surface area contributed by atoms with Gasteiger partial charge in [-0.05, 0) is 55.0 Å². The van der Waals surface area contributed by atoms with Gasteiger partial charge in [-0.3, -0.25) is 4.79 Å². The third-order valence-electron chi connectivity index (χ3n) is 5.17. The van der Waals surface area contributed by atoms with E-state index >= 15 is 0 Å². The van der Waals surface area contributed by atoms with E-state index < -0.39 is 0 Å². The Labute approximate surface area is 189 Å². The summed E-state index contributed by atoms with van der Waals surface area (Å²) >= 11 is 1.41. The highest BCUT2D eigenvalue weighted by Crippen LogP contribution is 2.17. The third-order valence-corrected chi connectivity index (χ3v) is 6.14. The van der Waals surface area contributed by atoms with Crippen LogP contribution in [-0.2, 0) is 0 Å². The molecule has 0 aliphatic carbocycles. The van der Waals surface area contributed by atoms with Crippen molar-refractivity contribution in [1.29, 1.82) is 0 Å². The Hall–Kier alpha value is -3.64. The molecule has 6 heteroatoms. The maximum absolute atomic E-state index is 12.9. The number of nitrogens with zero attached hydrogens (tertiary/aromatic N) is 2. The van der Waals surface area contributed by atoms with Crippen LogP contribution in [0.4, 0.5) is 0 Å². The van der Waals surface area contributed by atoms with E-state index in [0.717, 1.165) is 39.5 Å². The molecule has 2 heterocycles. The van der Waals surface area contributed by atoms with Crippen LogP contribution in [-0.4, -0.2) is 22.6 Å². The number of benzene rings is 3. The first-order valence-electron chi connectivity index (χ1n) is 10.5. The average Bonchev–Trinajstić information content (AvgIpc) is 3.32. The van der Waals surface area contributed by atoms with E-state index in [-0.39, 0.29) is 5.56 Å². The number of para-hydroxylation sites is 2. The zero-order chi connectivity index (χ0) is 21.9. The summed E-state index contributed by atoms with van der Waals surface area (Å²) in [5.74, 6) is 1.68. The van der Waals surface area contributed by atoms with Gasteiger partial charge in [0.25, 0.3) is 5.56 Å². The van der Waals surface area contributed by atoms with Gasteiger partial charge in [0, 0.05) is 6.42 Å². The number of imidazole rings is 1. The number of fused-ring (bicyclic) bond motifs is 3. The summed E-state index contributed by atoms with van der Waals surface area (Å²) in [6.45, 7) is 3.24. The van der Waals surface area contributed by atoms with E-state index in [1.807, 2.05) is 78.9 Å². The van der Waals surface area contributed by atoms with E-state index in [9.17, 15) is 4.79 Å². The van der Waals surface area contributed by atoms with Crippen LogP contribution in [0, 0.1) is 6.92 Å². The lowest BCUT2D eigenvalue weighted by Crippen LogP contribution is -2.22. The van der Waals surface area contributed by atoms with Gasteiger partial charge in [0.2, 0.25) is 0 Å². The molecule has 0 aliphatic heterocycles. The van der Waals surface area contributed by atoms with Crippen LogP contribution in [0.3, 0.4) is 0 Å². The lowest BCUT2D eigenvalue weighted by atomic mass is 10.2. The molecular formula is C26H22N2O3S. The molecule has 5 rings (SSSR count). The molecule has 0 bridgehead atoms. The molecule has 0 atom stereocenters. The summed E-state index contributed by atoms with van der Waals surface area (Å²) in [7, 11) is 0. The number of aryl methyl sites for hydroxylation is 1. The third kappa shape index (κ3) is 4.22. The van der Waals surface area contributed by atoms with Crippen molar-refractivity contribution in [2.45, 2.75) is 13.3 Å². The minimum absolute atomic E-state index is 0.0346. The zero-order valence-electron chi connectivity index (χ0n) is 17.7. The monoisotopic (exact) mass is 442 g/mol. The van der Waals surface area contributed by atoms with Crippen LogP contribution >= 0.6 is 11.3 Å². The lowest BCUT2D eigenvalue weighted by Gasteiger charge is -2.08. The van der Waals surface area contributed by atoms with Crippen LogP contribution < -0.4 is 19.6 Å². The summed E-state index contributed by atoms with van der Waals surface area (Å²) < 4.78 is 13.9. The largest absolute Gasteiger partial charge is 0.493 e. The lowest BCUT2D eigenvalue weighted by molar-refractivity contribution is 0.247. The van der Waals surface area contributed by atoms with Crippen molar-refractivity contribution in [2.24, 2.45) is 0 Å². The van der Waals surface area contributed by atoms with E-state index in [2.05, 4.69) is 11.9 Å². The van der Waals surface area contributed by atoms with Crippen molar-refractivity contribution in [2.75, 3.05) is 13.2 Å². The number of ether oxygens (including phenoxy) is 2. The Morgan fingerprint density at radius 1 is 0.906 bits per heavy atom. The Bertz CT molecular complexity index is 1470. The molecule has 0 fully saturated rings. The highest BCUT2D eigenvalue weighted by molar-refractivity contribution is 7.15. The molecule has 5 aromatic rings. The fourth-order valence-electron chi connectivity index (χ4n) is 3.50. The normalized spacial score (nSPS) is 12.0. The molecule has 2 aromatic heterocycles. The Morgan fingerprint density at radius 2 is 1.56 bits per heavy atom. The van der Waals surface area contributed by atoms with Crippen LogP contribution in [0.2, 0.25) is 0 Å². The highest BCUT2D eigenvalue weighted by Gasteiger charge is 2.10. The SMILES string of the molecule is Cc1ccc(OCCCOc2ccc(C=c3sc4nc5ccccc5n4c3=O)cc2)cc1. The van der Waals surface area contributed by atoms with Crippen LogP contribution in [0.25, 0.3) is 22.1 Å². The van der Waals surface area contributed by atoms with E-state index in [0.29, 0.717) is 17.7 Å². The van der Waals surface area contributed by atoms with Gasteiger partial charge in [-0.25, -0.2) is 9.38 Å². The second-order valence-corrected chi connectivity index (χ2v) is 8.58. The quantitative estimate of drug-likeness (QED) is 0.345. The number of aromatic nitrogens is 2. The van der Waals surface area contributed by atoms with Gasteiger partial charge in [-0.2, -0.15) is 0 Å². The minimum atomic E-state index is -0.0346. The number of hydrogen-bond acceptors (Lipinski definition) is 5. The Balaban J connectivity index is 1.21. The van der Waals surface area contributed by atoms with Gasteiger partial charge in [0.05, 0.1) is 28.8 Å². The molecule has 160 valence electrons. The molecule has 0 saturated heterocycles. The van der Waals surface area contributed by atoms with Crippen molar-refractivity contribution in [1.82, 2.24) is 9.38 Å². The first-order valence-corrected chi connectivity index (χ1v) is 11.3. The first-order chi connectivity index (χ1) is 15.7. The number of hydrogen-bond donors (Lipinski definition) is 0. The smallest absolute Gasteiger partial charge is 0.274 e. The van der Waals surface area contributed by atoms with Gasteiger partial charge >= 0.3 is 0 Å². The fraction of sp³-hybridized carbons (Fsp3) is 0.154. The molecule has 0 amide bonds. The predicted octanol–water partition coefficient (Wildman–Crippen LogP) is 4.61. The van der Waals surface area contributed by atoms with Crippen LogP contribution in [0.15, 0.2) is 77.6 Å². The molecular weight excluding hydrogens is 420 g/mol. The van der Waals surface area contributed by atoms with E-state index in [1.54, 1.807) is 4.40 Å². The van der Waals surface area contributed by atoms with Crippen molar-refractivity contribution in [3.8, 4) is 11.5 Å². The van der Waals surface area contributed by atoms with Gasteiger partial charge < -0.3 is 9.47 Å². The Morgan fingerprint density at radius 3 is 2.28 bits per heavy atom. The standard InChI is InChI=1S/C26H22N2O3S/c1-18-7-11-20(12-8-18)30-15-4-16-31-21-13-9-19(10-14-21)17-24-25(29)28-23-6-3-2-5-22(23)27-26(28)32-24/h2-3,5-14,17H,4,15-16H2,1H3. The molecule has 0 spiro atoms. The van der Waals surface area contributed by atoms with E-state index in [1.165, 1.54) is 16.9 Å². The highest BCUT2D eigenvalue weighted by atomic mass is 32.1. The maximum atomic E-state index is 12.9. The summed E-state index contributed by atoms with van der Waals surface area (Å²) in [4.78, 5) is 18.1. The van der Waals surface area contributed by atoms with Gasteiger partial charge in [-0.1, -0.05) is 53.3 Å². The summed E-state index contributed by atoms with van der Waals surface area (Å²) in [5.41, 5.74) is 3.82. The summed E-state index contributed by atoms with van der Waals surface area (Å²) in [5, 5.41) is 0. The fourth-order valence-corrected chi connectivity index (χ4v) is 4.48. The topological polar surface area (TPSA) is 52.8 Å². The van der Waals surface area contributed by atoms with Gasteiger partial charge in [-0.15, -0.1) is 0 Å². The number of rotatable bonds is 7. The van der Waals surface area contributed by atoms with Crippen molar-refractivity contribution in [3.05, 3.63) is 98.8 Å². The molecule has 0 aliphatic rings. The molecule has 3 aromatic carbocycles. The zero-order valence-corrected chi connectivity index (χ0v) is 18.5. The second-order valence-electron chi connectivity index (χ2n) is 7.57. The van der Waals surface area contributed by atoms with Gasteiger partial charge in [0.1, 0.15) is 11.5 Å². The molecule has 32 heavy (non-hydrogen) atoms. The van der Waals surface area contributed by atoms with Crippen LogP contribution in [0.1, 0.15) is 17.5 Å². The van der Waals surface area contributed by atoms with E-state index in [4.69, 9.17) is 9.47 Å². The van der Waals surface area contributed by atoms with Gasteiger partial charge in [0.15, 0.2) is 4.96 Å². The molecule has 0 unspecified atom stereocenters. The summed E-state index contributed by atoms with van der Waals surface area (Å²) in [6, 6.07) is 23.5. The first kappa shape index (κ1) is 20.3. The predicted molar refractivity (Wildman–Crippen MR) is 129 cm³/mol. The molecule has 0 radical (unpaired) electrons. The van der Waals surface area contributed by atoms with Crippen molar-refractivity contribution in [3.63, 3.8) is 0 Å². The molecule has 0 N–H and O–H groups in total. The minimum Gasteiger partial charge on any atom is -0.493 e. The maximum Gasteiger partial charge on any atom is 0.274 e. The molecule has 5 nitrogen and oxygen atoms in total.